The van der Waals surface area contributed by atoms with Gasteiger partial charge in [-0.3, -0.25) is 4.79 Å². The SMILES string of the molecule is O=C1/C(=C/c2cccc(F)c2)Oc2cc(OCc3ccccc3)ccc21. The first kappa shape index (κ1) is 16.1. The van der Waals surface area contributed by atoms with E-state index in [0.29, 0.717) is 29.2 Å². The molecule has 3 nitrogen and oxygen atoms in total. The van der Waals surface area contributed by atoms with Gasteiger partial charge in [0.2, 0.25) is 5.78 Å². The summed E-state index contributed by atoms with van der Waals surface area (Å²) in [6, 6.07) is 20.9. The van der Waals surface area contributed by atoms with Crippen LogP contribution in [0.2, 0.25) is 0 Å². The van der Waals surface area contributed by atoms with Crippen LogP contribution in [-0.2, 0) is 6.61 Å². The number of hydrogen-bond donors (Lipinski definition) is 0. The van der Waals surface area contributed by atoms with Gasteiger partial charge in [0.05, 0.1) is 5.56 Å². The molecule has 0 saturated carbocycles. The van der Waals surface area contributed by atoms with Crippen molar-refractivity contribution in [1.82, 2.24) is 0 Å². The fourth-order valence-electron chi connectivity index (χ4n) is 2.75. The summed E-state index contributed by atoms with van der Waals surface area (Å²) in [5.74, 6) is 0.652. The van der Waals surface area contributed by atoms with Crippen molar-refractivity contribution in [3.05, 3.63) is 101 Å². The first-order valence-electron chi connectivity index (χ1n) is 8.20. The first-order chi connectivity index (χ1) is 12.7. The first-order valence-corrected chi connectivity index (χ1v) is 8.20. The van der Waals surface area contributed by atoms with E-state index in [1.807, 2.05) is 30.3 Å². The molecule has 4 rings (SSSR count). The highest BCUT2D eigenvalue weighted by molar-refractivity contribution is 6.14. The van der Waals surface area contributed by atoms with Gasteiger partial charge in [0.1, 0.15) is 23.9 Å². The molecule has 1 heterocycles. The minimum absolute atomic E-state index is 0.172. The zero-order chi connectivity index (χ0) is 17.9. The molecule has 0 aromatic heterocycles. The fraction of sp³-hybridized carbons (Fsp3) is 0.0455. The van der Waals surface area contributed by atoms with Crippen molar-refractivity contribution in [2.45, 2.75) is 6.61 Å². The van der Waals surface area contributed by atoms with Crippen LogP contribution in [0.5, 0.6) is 11.5 Å². The highest BCUT2D eigenvalue weighted by Crippen LogP contribution is 2.35. The molecule has 4 heteroatoms. The van der Waals surface area contributed by atoms with Crippen molar-refractivity contribution in [2.24, 2.45) is 0 Å². The minimum Gasteiger partial charge on any atom is -0.489 e. The van der Waals surface area contributed by atoms with Crippen molar-refractivity contribution in [3.63, 3.8) is 0 Å². The fourth-order valence-corrected chi connectivity index (χ4v) is 2.75. The Bertz CT molecular complexity index is 993. The molecular weight excluding hydrogens is 331 g/mol. The maximum Gasteiger partial charge on any atom is 0.231 e. The topological polar surface area (TPSA) is 35.5 Å². The molecule has 0 spiro atoms. The van der Waals surface area contributed by atoms with Crippen molar-refractivity contribution in [1.29, 1.82) is 0 Å². The van der Waals surface area contributed by atoms with Gasteiger partial charge in [-0.05, 0) is 41.5 Å². The Morgan fingerprint density at radius 2 is 1.81 bits per heavy atom. The highest BCUT2D eigenvalue weighted by atomic mass is 19.1. The van der Waals surface area contributed by atoms with Crippen LogP contribution in [0.15, 0.2) is 78.6 Å². The summed E-state index contributed by atoms with van der Waals surface area (Å²) < 4.78 is 24.7. The summed E-state index contributed by atoms with van der Waals surface area (Å²) in [6.45, 7) is 0.430. The van der Waals surface area contributed by atoms with Crippen LogP contribution >= 0.6 is 0 Å². The lowest BCUT2D eigenvalue weighted by molar-refractivity contribution is 0.101. The molecule has 3 aromatic carbocycles. The van der Waals surface area contributed by atoms with Crippen molar-refractivity contribution < 1.29 is 18.7 Å². The van der Waals surface area contributed by atoms with E-state index in [0.717, 1.165) is 5.56 Å². The van der Waals surface area contributed by atoms with E-state index in [1.54, 1.807) is 30.3 Å². The Hall–Kier alpha value is -3.40. The zero-order valence-corrected chi connectivity index (χ0v) is 13.8. The average molecular weight is 346 g/mol. The second-order valence-electron chi connectivity index (χ2n) is 5.93. The van der Waals surface area contributed by atoms with Crippen molar-refractivity contribution in [2.75, 3.05) is 0 Å². The number of carbonyl (C=O) groups excluding carboxylic acids is 1. The van der Waals surface area contributed by atoms with E-state index in [-0.39, 0.29) is 17.4 Å². The number of carbonyl (C=O) groups is 1. The Labute approximate surface area is 150 Å². The van der Waals surface area contributed by atoms with Crippen LogP contribution in [0, 0.1) is 5.82 Å². The molecule has 0 saturated heterocycles. The normalized spacial score (nSPS) is 14.2. The van der Waals surface area contributed by atoms with Crippen molar-refractivity contribution >= 4 is 11.9 Å². The summed E-state index contributed by atoms with van der Waals surface area (Å²) in [4.78, 5) is 12.4. The number of ether oxygens (including phenoxy) is 2. The Morgan fingerprint density at radius 1 is 0.962 bits per heavy atom. The highest BCUT2D eigenvalue weighted by Gasteiger charge is 2.27. The van der Waals surface area contributed by atoms with Crippen LogP contribution in [0.4, 0.5) is 4.39 Å². The van der Waals surface area contributed by atoms with Crippen LogP contribution in [0.3, 0.4) is 0 Å². The summed E-state index contributed by atoms with van der Waals surface area (Å²) in [5, 5.41) is 0. The molecule has 0 bridgehead atoms. The smallest absolute Gasteiger partial charge is 0.231 e. The number of hydrogen-bond acceptors (Lipinski definition) is 3. The molecular formula is C22H15FO3. The Kier molecular flexibility index (Phi) is 4.23. The molecule has 0 N–H and O–H groups in total. The van der Waals surface area contributed by atoms with Gasteiger partial charge >= 0.3 is 0 Å². The Morgan fingerprint density at radius 3 is 2.62 bits per heavy atom. The number of halogens is 1. The molecule has 0 amide bonds. The van der Waals surface area contributed by atoms with E-state index >= 15 is 0 Å². The second kappa shape index (κ2) is 6.84. The van der Waals surface area contributed by atoms with E-state index < -0.39 is 0 Å². The molecule has 26 heavy (non-hydrogen) atoms. The second-order valence-corrected chi connectivity index (χ2v) is 5.93. The van der Waals surface area contributed by atoms with Gasteiger partial charge in [-0.25, -0.2) is 4.39 Å². The lowest BCUT2D eigenvalue weighted by atomic mass is 10.1. The largest absolute Gasteiger partial charge is 0.489 e. The summed E-state index contributed by atoms with van der Waals surface area (Å²) in [6.07, 6.45) is 1.54. The average Bonchev–Trinajstić information content (AvgIpc) is 2.96. The van der Waals surface area contributed by atoms with Crippen LogP contribution < -0.4 is 9.47 Å². The van der Waals surface area contributed by atoms with Crippen molar-refractivity contribution in [3.8, 4) is 11.5 Å². The molecule has 0 radical (unpaired) electrons. The molecule has 0 fully saturated rings. The third-order valence-corrected chi connectivity index (χ3v) is 4.04. The minimum atomic E-state index is -0.362. The summed E-state index contributed by atoms with van der Waals surface area (Å²) in [5.41, 5.74) is 2.10. The summed E-state index contributed by atoms with van der Waals surface area (Å²) >= 11 is 0. The van der Waals surface area contributed by atoms with Gasteiger partial charge in [0, 0.05) is 6.07 Å². The maximum absolute atomic E-state index is 13.3. The van der Waals surface area contributed by atoms with Crippen LogP contribution in [-0.4, -0.2) is 5.78 Å². The Balaban J connectivity index is 1.53. The summed E-state index contributed by atoms with van der Waals surface area (Å²) in [7, 11) is 0. The van der Waals surface area contributed by atoms with Gasteiger partial charge in [-0.1, -0.05) is 42.5 Å². The number of ketones is 1. The quantitative estimate of drug-likeness (QED) is 0.622. The van der Waals surface area contributed by atoms with Crippen LogP contribution in [0.1, 0.15) is 21.5 Å². The monoisotopic (exact) mass is 346 g/mol. The molecule has 0 atom stereocenters. The molecule has 0 unspecified atom stereocenters. The van der Waals surface area contributed by atoms with Gasteiger partial charge in [0.15, 0.2) is 5.76 Å². The predicted molar refractivity (Wildman–Crippen MR) is 96.6 cm³/mol. The number of benzene rings is 3. The van der Waals surface area contributed by atoms with E-state index in [4.69, 9.17) is 9.47 Å². The number of rotatable bonds is 4. The van der Waals surface area contributed by atoms with Gasteiger partial charge in [-0.15, -0.1) is 0 Å². The third-order valence-electron chi connectivity index (χ3n) is 4.04. The lowest BCUT2D eigenvalue weighted by Gasteiger charge is -2.07. The molecule has 128 valence electrons. The maximum atomic E-state index is 13.3. The zero-order valence-electron chi connectivity index (χ0n) is 13.8. The van der Waals surface area contributed by atoms with Gasteiger partial charge < -0.3 is 9.47 Å². The van der Waals surface area contributed by atoms with E-state index in [2.05, 4.69) is 0 Å². The van der Waals surface area contributed by atoms with E-state index in [9.17, 15) is 9.18 Å². The number of Topliss-reactive ketones (excluding diaryl/α,β-unsaturated/α-hetero) is 1. The molecule has 1 aliphatic heterocycles. The lowest BCUT2D eigenvalue weighted by Crippen LogP contribution is -1.98. The number of fused-ring (bicyclic) bond motifs is 1. The molecule has 0 aliphatic carbocycles. The predicted octanol–water partition coefficient (Wildman–Crippen LogP) is 5.02. The van der Waals surface area contributed by atoms with Gasteiger partial charge in [0.25, 0.3) is 0 Å². The standard InChI is InChI=1S/C22H15FO3/c23-17-8-4-7-16(11-17)12-21-22(24)19-10-9-18(13-20(19)26-21)25-14-15-5-2-1-3-6-15/h1-13H,14H2/b21-12-. The molecule has 3 aromatic rings. The third kappa shape index (κ3) is 3.35. The van der Waals surface area contributed by atoms with Gasteiger partial charge in [-0.2, -0.15) is 0 Å². The number of allylic oxidation sites excluding steroid dienone is 1. The van der Waals surface area contributed by atoms with Crippen LogP contribution in [0.25, 0.3) is 6.08 Å². The molecule has 1 aliphatic rings. The van der Waals surface area contributed by atoms with E-state index in [1.165, 1.54) is 18.2 Å².